The summed E-state index contributed by atoms with van der Waals surface area (Å²) in [7, 11) is 0. The third kappa shape index (κ3) is 1.82. The molecule has 1 atom stereocenters. The SMILES string of the molecule is Cc1noc(C)c1-c1nccnc1N1C(=O)OCC1C. The number of hydrogen-bond donors (Lipinski definition) is 0. The van der Waals surface area contributed by atoms with Gasteiger partial charge in [-0.05, 0) is 20.8 Å². The molecule has 0 radical (unpaired) electrons. The molecule has 0 saturated carbocycles. The van der Waals surface area contributed by atoms with Gasteiger partial charge >= 0.3 is 6.09 Å². The third-order valence-corrected chi connectivity index (χ3v) is 3.26. The van der Waals surface area contributed by atoms with Crippen LogP contribution in [0.2, 0.25) is 0 Å². The molecule has 0 N–H and O–H groups in total. The normalized spacial score (nSPS) is 18.4. The Hall–Kier alpha value is -2.44. The molecule has 0 spiro atoms. The fraction of sp³-hybridized carbons (Fsp3) is 0.385. The fourth-order valence-electron chi connectivity index (χ4n) is 2.32. The Morgan fingerprint density at radius 3 is 2.65 bits per heavy atom. The molecule has 3 rings (SSSR count). The van der Waals surface area contributed by atoms with Gasteiger partial charge in [-0.25, -0.2) is 9.78 Å². The van der Waals surface area contributed by atoms with Gasteiger partial charge in [0, 0.05) is 12.4 Å². The van der Waals surface area contributed by atoms with Crippen LogP contribution in [0.3, 0.4) is 0 Å². The largest absolute Gasteiger partial charge is 0.447 e. The van der Waals surface area contributed by atoms with E-state index in [1.54, 1.807) is 19.3 Å². The highest BCUT2D eigenvalue weighted by Crippen LogP contribution is 2.33. The van der Waals surface area contributed by atoms with Crippen molar-refractivity contribution in [3.8, 4) is 11.3 Å². The van der Waals surface area contributed by atoms with Crippen LogP contribution in [0.25, 0.3) is 11.3 Å². The van der Waals surface area contributed by atoms with E-state index >= 15 is 0 Å². The molecule has 7 nitrogen and oxygen atoms in total. The summed E-state index contributed by atoms with van der Waals surface area (Å²) in [4.78, 5) is 22.0. The molecule has 3 heterocycles. The lowest BCUT2D eigenvalue weighted by molar-refractivity contribution is 0.179. The first kappa shape index (κ1) is 12.6. The van der Waals surface area contributed by atoms with Gasteiger partial charge in [-0.1, -0.05) is 5.16 Å². The maximum atomic E-state index is 11.9. The van der Waals surface area contributed by atoms with Crippen molar-refractivity contribution in [1.82, 2.24) is 15.1 Å². The first-order chi connectivity index (χ1) is 9.59. The van der Waals surface area contributed by atoms with Gasteiger partial charge in [0.1, 0.15) is 18.1 Å². The van der Waals surface area contributed by atoms with Crippen LogP contribution < -0.4 is 4.90 Å². The molecule has 2 aromatic heterocycles. The van der Waals surface area contributed by atoms with Gasteiger partial charge in [-0.2, -0.15) is 0 Å². The second-order valence-electron chi connectivity index (χ2n) is 4.72. The maximum Gasteiger partial charge on any atom is 0.415 e. The molecular formula is C13H14N4O3. The van der Waals surface area contributed by atoms with Crippen molar-refractivity contribution in [3.05, 3.63) is 23.8 Å². The monoisotopic (exact) mass is 274 g/mol. The minimum Gasteiger partial charge on any atom is -0.447 e. The topological polar surface area (TPSA) is 81.4 Å². The molecule has 7 heteroatoms. The highest BCUT2D eigenvalue weighted by Gasteiger charge is 2.35. The van der Waals surface area contributed by atoms with Crippen LogP contribution in [0, 0.1) is 13.8 Å². The van der Waals surface area contributed by atoms with E-state index in [0.717, 1.165) is 5.56 Å². The van der Waals surface area contributed by atoms with E-state index in [1.165, 1.54) is 4.90 Å². The zero-order valence-corrected chi connectivity index (χ0v) is 11.5. The number of anilines is 1. The Labute approximate surface area is 115 Å². The number of carbonyl (C=O) groups is 1. The predicted octanol–water partition coefficient (Wildman–Crippen LogP) is 2.09. The van der Waals surface area contributed by atoms with Crippen LogP contribution in [-0.4, -0.2) is 33.9 Å². The Kier molecular flexibility index (Phi) is 2.89. The minimum atomic E-state index is -0.411. The van der Waals surface area contributed by atoms with Gasteiger partial charge in [-0.3, -0.25) is 9.88 Å². The molecule has 1 fully saturated rings. The molecule has 2 aromatic rings. The standard InChI is InChI=1S/C13H14N4O3/c1-7-6-19-13(18)17(7)12-11(14-4-5-15-12)10-8(2)16-20-9(10)3/h4-5,7H,6H2,1-3H3. The highest BCUT2D eigenvalue weighted by molar-refractivity contribution is 5.93. The molecule has 0 bridgehead atoms. The third-order valence-electron chi connectivity index (χ3n) is 3.26. The number of hydrogen-bond acceptors (Lipinski definition) is 6. The number of carbonyl (C=O) groups excluding carboxylic acids is 1. The minimum absolute atomic E-state index is 0.0848. The van der Waals surface area contributed by atoms with E-state index in [9.17, 15) is 4.79 Å². The van der Waals surface area contributed by atoms with Crippen LogP contribution in [0.15, 0.2) is 16.9 Å². The zero-order valence-electron chi connectivity index (χ0n) is 11.5. The lowest BCUT2D eigenvalue weighted by atomic mass is 10.1. The van der Waals surface area contributed by atoms with E-state index in [-0.39, 0.29) is 6.04 Å². The number of aryl methyl sites for hydroxylation is 2. The Morgan fingerprint density at radius 1 is 1.30 bits per heavy atom. The quantitative estimate of drug-likeness (QED) is 0.834. The number of nitrogens with zero attached hydrogens (tertiary/aromatic N) is 4. The summed E-state index contributed by atoms with van der Waals surface area (Å²) >= 11 is 0. The van der Waals surface area contributed by atoms with Crippen molar-refractivity contribution in [2.45, 2.75) is 26.8 Å². The summed E-state index contributed by atoms with van der Waals surface area (Å²) < 4.78 is 10.2. The molecule has 20 heavy (non-hydrogen) atoms. The molecule has 0 aliphatic carbocycles. The number of rotatable bonds is 2. The highest BCUT2D eigenvalue weighted by atomic mass is 16.6. The molecule has 1 aliphatic heterocycles. The molecule has 0 aromatic carbocycles. The first-order valence-electron chi connectivity index (χ1n) is 6.30. The van der Waals surface area contributed by atoms with E-state index < -0.39 is 6.09 Å². The van der Waals surface area contributed by atoms with Gasteiger partial charge in [0.25, 0.3) is 0 Å². The smallest absolute Gasteiger partial charge is 0.415 e. The molecule has 1 aliphatic rings. The molecule has 104 valence electrons. The summed E-state index contributed by atoms with van der Waals surface area (Å²) in [6.45, 7) is 5.88. The Morgan fingerprint density at radius 2 is 2.05 bits per heavy atom. The van der Waals surface area contributed by atoms with Crippen LogP contribution in [0.5, 0.6) is 0 Å². The maximum absolute atomic E-state index is 11.9. The predicted molar refractivity (Wildman–Crippen MR) is 70.3 cm³/mol. The van der Waals surface area contributed by atoms with Crippen molar-refractivity contribution in [3.63, 3.8) is 0 Å². The van der Waals surface area contributed by atoms with Crippen LogP contribution in [0.1, 0.15) is 18.4 Å². The summed E-state index contributed by atoms with van der Waals surface area (Å²) in [5.41, 5.74) is 2.05. The van der Waals surface area contributed by atoms with Crippen molar-refractivity contribution in [2.24, 2.45) is 0 Å². The van der Waals surface area contributed by atoms with E-state index in [1.807, 2.05) is 13.8 Å². The van der Waals surface area contributed by atoms with Crippen molar-refractivity contribution in [1.29, 1.82) is 0 Å². The number of ether oxygens (including phenoxy) is 1. The lowest BCUT2D eigenvalue weighted by Crippen LogP contribution is -2.32. The summed E-state index contributed by atoms with van der Waals surface area (Å²) in [5, 5.41) is 3.92. The van der Waals surface area contributed by atoms with Crippen LogP contribution in [0.4, 0.5) is 10.6 Å². The van der Waals surface area contributed by atoms with Crippen LogP contribution >= 0.6 is 0 Å². The van der Waals surface area contributed by atoms with Crippen molar-refractivity contribution in [2.75, 3.05) is 11.5 Å². The average molecular weight is 274 g/mol. The van der Waals surface area contributed by atoms with E-state index in [4.69, 9.17) is 9.26 Å². The van der Waals surface area contributed by atoms with Crippen molar-refractivity contribution >= 4 is 11.9 Å². The van der Waals surface area contributed by atoms with Gasteiger partial charge in [0.15, 0.2) is 5.82 Å². The molecular weight excluding hydrogens is 260 g/mol. The van der Waals surface area contributed by atoms with E-state index in [2.05, 4.69) is 15.1 Å². The lowest BCUT2D eigenvalue weighted by Gasteiger charge is -2.19. The number of aromatic nitrogens is 3. The summed E-state index contributed by atoms with van der Waals surface area (Å²) in [6.07, 6.45) is 2.72. The van der Waals surface area contributed by atoms with Gasteiger partial charge in [0.05, 0.1) is 17.3 Å². The number of cyclic esters (lactones) is 1. The van der Waals surface area contributed by atoms with E-state index in [0.29, 0.717) is 29.6 Å². The van der Waals surface area contributed by atoms with Gasteiger partial charge < -0.3 is 9.26 Å². The Bertz CT molecular complexity index is 648. The second kappa shape index (κ2) is 4.59. The summed E-state index contributed by atoms with van der Waals surface area (Å²) in [6, 6.07) is -0.0848. The zero-order chi connectivity index (χ0) is 14.3. The average Bonchev–Trinajstić information content (AvgIpc) is 2.93. The van der Waals surface area contributed by atoms with Gasteiger partial charge in [-0.15, -0.1) is 0 Å². The fourth-order valence-corrected chi connectivity index (χ4v) is 2.32. The second-order valence-corrected chi connectivity index (χ2v) is 4.72. The number of amides is 1. The Balaban J connectivity index is 2.17. The molecule has 1 unspecified atom stereocenters. The molecule has 1 amide bonds. The van der Waals surface area contributed by atoms with Crippen molar-refractivity contribution < 1.29 is 14.1 Å². The van der Waals surface area contributed by atoms with Gasteiger partial charge in [0.2, 0.25) is 0 Å². The van der Waals surface area contributed by atoms with Crippen LogP contribution in [-0.2, 0) is 4.74 Å². The molecule has 1 saturated heterocycles. The summed E-state index contributed by atoms with van der Waals surface area (Å²) in [5.74, 6) is 1.11. The first-order valence-corrected chi connectivity index (χ1v) is 6.30.